The summed E-state index contributed by atoms with van der Waals surface area (Å²) in [4.78, 5) is 30.4. The highest BCUT2D eigenvalue weighted by atomic mass is 32.2. The monoisotopic (exact) mass is 302 g/mol. The molecule has 0 spiro atoms. The Morgan fingerprint density at radius 1 is 1.29 bits per heavy atom. The molecule has 21 heavy (non-hydrogen) atoms. The van der Waals surface area contributed by atoms with E-state index in [9.17, 15) is 9.59 Å². The Morgan fingerprint density at radius 3 is 2.62 bits per heavy atom. The summed E-state index contributed by atoms with van der Waals surface area (Å²) >= 11 is 1.22. The van der Waals surface area contributed by atoms with Crippen LogP contribution >= 0.6 is 11.8 Å². The van der Waals surface area contributed by atoms with Crippen LogP contribution < -0.4 is 5.56 Å². The fourth-order valence-corrected chi connectivity index (χ4v) is 2.29. The van der Waals surface area contributed by atoms with Crippen molar-refractivity contribution < 1.29 is 9.53 Å². The summed E-state index contributed by atoms with van der Waals surface area (Å²) in [7, 11) is 1.23. The highest BCUT2D eigenvalue weighted by Gasteiger charge is 2.18. The predicted octanol–water partition coefficient (Wildman–Crippen LogP) is 2.45. The largest absolute Gasteiger partial charge is 0.465 e. The summed E-state index contributed by atoms with van der Waals surface area (Å²) in [6.07, 6.45) is 5.27. The van der Waals surface area contributed by atoms with E-state index in [0.29, 0.717) is 10.9 Å². The van der Waals surface area contributed by atoms with Crippen molar-refractivity contribution in [2.24, 2.45) is 0 Å². The van der Waals surface area contributed by atoms with E-state index in [-0.39, 0.29) is 5.56 Å². The highest BCUT2D eigenvalue weighted by molar-refractivity contribution is 7.98. The van der Waals surface area contributed by atoms with Crippen molar-refractivity contribution in [3.05, 3.63) is 57.6 Å². The van der Waals surface area contributed by atoms with Gasteiger partial charge in [-0.3, -0.25) is 4.79 Å². The van der Waals surface area contributed by atoms with Gasteiger partial charge in [0.15, 0.2) is 5.56 Å². The Labute approximate surface area is 126 Å². The molecule has 108 valence electrons. The molecule has 2 aromatic rings. The quantitative estimate of drug-likeness (QED) is 0.533. The second-order valence-electron chi connectivity index (χ2n) is 4.07. The van der Waals surface area contributed by atoms with Gasteiger partial charge in [0, 0.05) is 0 Å². The lowest BCUT2D eigenvalue weighted by molar-refractivity contribution is 0.0593. The normalized spacial score (nSPS) is 10.8. The number of hydrogen-bond donors (Lipinski definition) is 1. The number of aromatic amines is 1. The van der Waals surface area contributed by atoms with Gasteiger partial charge in [0.2, 0.25) is 0 Å². The van der Waals surface area contributed by atoms with Crippen LogP contribution in [0, 0.1) is 0 Å². The van der Waals surface area contributed by atoms with E-state index in [4.69, 9.17) is 0 Å². The van der Waals surface area contributed by atoms with E-state index >= 15 is 0 Å². The molecule has 0 amide bonds. The van der Waals surface area contributed by atoms with Gasteiger partial charge in [-0.15, -0.1) is 11.8 Å². The third kappa shape index (κ3) is 3.61. The van der Waals surface area contributed by atoms with Gasteiger partial charge in [-0.1, -0.05) is 36.4 Å². The Hall–Kier alpha value is -2.34. The van der Waals surface area contributed by atoms with Gasteiger partial charge in [-0.2, -0.15) is 0 Å². The van der Waals surface area contributed by atoms with E-state index in [1.165, 1.54) is 18.9 Å². The summed E-state index contributed by atoms with van der Waals surface area (Å²) in [5, 5.41) is 0.346. The number of aromatic nitrogens is 2. The highest BCUT2D eigenvalue weighted by Crippen LogP contribution is 2.16. The summed E-state index contributed by atoms with van der Waals surface area (Å²) in [6, 6.07) is 9.64. The minimum atomic E-state index is -0.688. The first-order chi connectivity index (χ1) is 10.2. The molecular formula is C15H14N2O3S. The Kier molecular flexibility index (Phi) is 4.94. The maximum absolute atomic E-state index is 12.0. The van der Waals surface area contributed by atoms with Crippen LogP contribution in [0.15, 0.2) is 40.2 Å². The van der Waals surface area contributed by atoms with E-state index in [1.54, 1.807) is 12.3 Å². The van der Waals surface area contributed by atoms with Gasteiger partial charge in [0.1, 0.15) is 10.9 Å². The van der Waals surface area contributed by atoms with Crippen LogP contribution in [0.3, 0.4) is 0 Å². The zero-order chi connectivity index (χ0) is 15.2. The molecule has 0 saturated heterocycles. The number of hydrogen-bond acceptors (Lipinski definition) is 5. The number of nitrogens with one attached hydrogen (secondary N) is 1. The van der Waals surface area contributed by atoms with E-state index in [0.717, 1.165) is 5.56 Å². The van der Waals surface area contributed by atoms with E-state index in [2.05, 4.69) is 14.7 Å². The molecule has 0 atom stereocenters. The first-order valence-corrected chi connectivity index (χ1v) is 7.38. The molecule has 0 unspecified atom stereocenters. The van der Waals surface area contributed by atoms with Gasteiger partial charge in [0.25, 0.3) is 5.56 Å². The number of nitrogens with zero attached hydrogens (tertiary/aromatic N) is 1. The zero-order valence-corrected chi connectivity index (χ0v) is 12.4. The van der Waals surface area contributed by atoms with Gasteiger partial charge in [-0.05, 0) is 17.9 Å². The lowest BCUT2D eigenvalue weighted by Gasteiger charge is -2.04. The fraction of sp³-hybridized carbons (Fsp3) is 0.133. The predicted molar refractivity (Wildman–Crippen MR) is 83.3 cm³/mol. The second-order valence-corrected chi connectivity index (χ2v) is 4.87. The third-order valence-corrected chi connectivity index (χ3v) is 3.40. The maximum Gasteiger partial charge on any atom is 0.346 e. The number of benzene rings is 1. The zero-order valence-electron chi connectivity index (χ0n) is 11.6. The number of thioether (sulfide) groups is 1. The van der Waals surface area contributed by atoms with Crippen LogP contribution in [-0.2, 0) is 4.74 Å². The molecular weight excluding hydrogens is 288 g/mol. The summed E-state index contributed by atoms with van der Waals surface area (Å²) in [5.74, 6) is -0.299. The van der Waals surface area contributed by atoms with Crippen LogP contribution in [0.1, 0.15) is 21.7 Å². The van der Waals surface area contributed by atoms with Crippen molar-refractivity contribution in [3.63, 3.8) is 0 Å². The summed E-state index contributed by atoms with van der Waals surface area (Å²) < 4.78 is 4.60. The van der Waals surface area contributed by atoms with Gasteiger partial charge >= 0.3 is 5.97 Å². The van der Waals surface area contributed by atoms with Crippen LogP contribution in [-0.4, -0.2) is 29.3 Å². The smallest absolute Gasteiger partial charge is 0.346 e. The standard InChI is InChI=1S/C15H14N2O3S/c1-20-15(19)12-13(18)16-11(17-14(12)21-2)9-8-10-6-4-3-5-7-10/h3-9H,1-2H3,(H,16,17,18). The first kappa shape index (κ1) is 15.1. The molecule has 0 aliphatic carbocycles. The number of carbonyl (C=O) groups excluding carboxylic acids is 1. The molecule has 1 N–H and O–H groups in total. The lowest BCUT2D eigenvalue weighted by Crippen LogP contribution is -2.22. The van der Waals surface area contributed by atoms with Crippen LogP contribution in [0.4, 0.5) is 0 Å². The number of H-pyrrole nitrogens is 1. The van der Waals surface area contributed by atoms with Gasteiger partial charge < -0.3 is 9.72 Å². The maximum atomic E-state index is 12.0. The van der Waals surface area contributed by atoms with E-state index < -0.39 is 11.5 Å². The van der Waals surface area contributed by atoms with Crippen molar-refractivity contribution in [1.29, 1.82) is 0 Å². The minimum absolute atomic E-state index is 0.0677. The van der Waals surface area contributed by atoms with Gasteiger partial charge in [-0.25, -0.2) is 9.78 Å². The van der Waals surface area contributed by atoms with Crippen LogP contribution in [0.25, 0.3) is 12.2 Å². The number of ether oxygens (including phenoxy) is 1. The third-order valence-electron chi connectivity index (χ3n) is 2.72. The molecule has 0 fully saturated rings. The average molecular weight is 302 g/mol. The Morgan fingerprint density at radius 2 is 2.00 bits per heavy atom. The topological polar surface area (TPSA) is 72.0 Å². The summed E-state index contributed by atoms with van der Waals surface area (Å²) in [6.45, 7) is 0. The number of esters is 1. The summed E-state index contributed by atoms with van der Waals surface area (Å²) in [5.41, 5.74) is 0.415. The van der Waals surface area contributed by atoms with Crippen molar-refractivity contribution >= 4 is 29.9 Å². The Balaban J connectivity index is 2.39. The van der Waals surface area contributed by atoms with Crippen molar-refractivity contribution in [2.75, 3.05) is 13.4 Å². The van der Waals surface area contributed by atoms with Gasteiger partial charge in [0.05, 0.1) is 7.11 Å². The lowest BCUT2D eigenvalue weighted by atomic mass is 10.2. The second kappa shape index (κ2) is 6.90. The molecule has 0 aliphatic rings. The van der Waals surface area contributed by atoms with Crippen molar-refractivity contribution in [3.8, 4) is 0 Å². The number of methoxy groups -OCH3 is 1. The van der Waals surface area contributed by atoms with Crippen molar-refractivity contribution in [1.82, 2.24) is 9.97 Å². The molecule has 0 bridgehead atoms. The molecule has 1 aromatic carbocycles. The molecule has 0 saturated carbocycles. The molecule has 5 nitrogen and oxygen atoms in total. The molecule has 0 aliphatic heterocycles. The number of carbonyl (C=O) groups is 1. The first-order valence-electron chi connectivity index (χ1n) is 6.15. The molecule has 1 heterocycles. The van der Waals surface area contributed by atoms with E-state index in [1.807, 2.05) is 36.4 Å². The molecule has 2 rings (SSSR count). The minimum Gasteiger partial charge on any atom is -0.465 e. The fourth-order valence-electron chi connectivity index (χ4n) is 1.72. The molecule has 0 radical (unpaired) electrons. The molecule has 1 aromatic heterocycles. The number of rotatable bonds is 4. The van der Waals surface area contributed by atoms with Crippen LogP contribution in [0.2, 0.25) is 0 Å². The SMILES string of the molecule is COC(=O)c1c(SC)nc(C=Cc2ccccc2)[nH]c1=O. The average Bonchev–Trinajstić information content (AvgIpc) is 2.52. The Bertz CT molecular complexity index is 723. The van der Waals surface area contributed by atoms with Crippen molar-refractivity contribution in [2.45, 2.75) is 5.03 Å². The molecule has 6 heteroatoms. The van der Waals surface area contributed by atoms with Crippen LogP contribution in [0.5, 0.6) is 0 Å².